The number of fused-ring (bicyclic) bond motifs is 3. The molecule has 180 valence electrons. The summed E-state index contributed by atoms with van der Waals surface area (Å²) in [5.74, 6) is 2.32. The van der Waals surface area contributed by atoms with Crippen LogP contribution in [0.5, 0.6) is 0 Å². The summed E-state index contributed by atoms with van der Waals surface area (Å²) in [6.07, 6.45) is 4.33. The van der Waals surface area contributed by atoms with E-state index in [2.05, 4.69) is 15.7 Å². The number of nitrogens with one attached hydrogen (secondary N) is 2. The first-order valence-electron chi connectivity index (χ1n) is 12.5. The van der Waals surface area contributed by atoms with Gasteiger partial charge < -0.3 is 10.6 Å². The van der Waals surface area contributed by atoms with Crippen LogP contribution < -0.4 is 10.6 Å². The van der Waals surface area contributed by atoms with Crippen molar-refractivity contribution in [1.29, 1.82) is 0 Å². The molecule has 2 N–H and O–H groups in total. The Hall–Kier alpha value is -2.51. The number of carbonyl (C=O) groups is 1. The molecule has 1 aromatic heterocycles. The molecule has 1 amide bonds. The molecule has 0 radical (unpaired) electrons. The Bertz CT molecular complexity index is 1140. The summed E-state index contributed by atoms with van der Waals surface area (Å²) in [5.41, 5.74) is 1.66. The highest BCUT2D eigenvalue weighted by molar-refractivity contribution is 5.99. The Morgan fingerprint density at radius 1 is 1.12 bits per heavy atom. The molecule has 2 heterocycles. The first-order valence-corrected chi connectivity index (χ1v) is 12.5. The van der Waals surface area contributed by atoms with E-state index >= 15 is 0 Å². The molecule has 34 heavy (non-hydrogen) atoms. The van der Waals surface area contributed by atoms with Crippen molar-refractivity contribution in [3.8, 4) is 0 Å². The van der Waals surface area contributed by atoms with Gasteiger partial charge in [0, 0.05) is 13.0 Å². The van der Waals surface area contributed by atoms with Crippen LogP contribution in [0.3, 0.4) is 0 Å². The van der Waals surface area contributed by atoms with E-state index in [1.807, 2.05) is 30.3 Å². The minimum Gasteiger partial charge on any atom is -0.363 e. The number of benzene rings is 1. The van der Waals surface area contributed by atoms with Crippen molar-refractivity contribution < 1.29 is 18.0 Å². The Labute approximate surface area is 196 Å². The van der Waals surface area contributed by atoms with Gasteiger partial charge in [-0.1, -0.05) is 30.3 Å². The van der Waals surface area contributed by atoms with Gasteiger partial charge in [0.25, 0.3) is 5.91 Å². The monoisotopic (exact) mass is 470 g/mol. The van der Waals surface area contributed by atoms with Crippen LogP contribution in [0.1, 0.15) is 73.0 Å². The molecule has 7 rings (SSSR count). The van der Waals surface area contributed by atoms with E-state index in [4.69, 9.17) is 0 Å². The molecule has 4 aliphatic carbocycles. The molecule has 2 aromatic rings. The fraction of sp³-hybridized carbons (Fsp3) is 0.615. The van der Waals surface area contributed by atoms with Crippen molar-refractivity contribution in [2.75, 3.05) is 11.9 Å². The Morgan fingerprint density at radius 3 is 2.74 bits per heavy atom. The molecule has 2 unspecified atom stereocenters. The van der Waals surface area contributed by atoms with Gasteiger partial charge in [0.1, 0.15) is 11.4 Å². The Kier molecular flexibility index (Phi) is 4.16. The SMILES string of the molecule is O=C(NC[C@@]12C[C@@H]3CC4C[C@@H](C1)C4(C3)C2)c1cnn2c1N[C@H](c1ccccc1)C[C@@H]2C(F)(F)F. The van der Waals surface area contributed by atoms with Crippen molar-refractivity contribution in [3.05, 3.63) is 47.7 Å². The predicted octanol–water partition coefficient (Wildman–Crippen LogP) is 5.49. The number of alkyl halides is 3. The van der Waals surface area contributed by atoms with Gasteiger partial charge >= 0.3 is 6.18 Å². The van der Waals surface area contributed by atoms with Crippen molar-refractivity contribution in [1.82, 2.24) is 15.1 Å². The molecule has 5 nitrogen and oxygen atoms in total. The fourth-order valence-electron chi connectivity index (χ4n) is 8.74. The Balaban J connectivity index is 1.14. The Morgan fingerprint density at radius 2 is 1.94 bits per heavy atom. The van der Waals surface area contributed by atoms with E-state index in [-0.39, 0.29) is 29.1 Å². The maximum Gasteiger partial charge on any atom is 0.410 e. The number of anilines is 1. The summed E-state index contributed by atoms with van der Waals surface area (Å²) >= 11 is 0. The van der Waals surface area contributed by atoms with Crippen LogP contribution in [0, 0.1) is 28.6 Å². The number of hydrogen-bond acceptors (Lipinski definition) is 3. The second kappa shape index (κ2) is 6.79. The fourth-order valence-corrected chi connectivity index (χ4v) is 8.74. The van der Waals surface area contributed by atoms with Gasteiger partial charge in [0.2, 0.25) is 0 Å². The highest BCUT2D eigenvalue weighted by atomic mass is 19.4. The summed E-state index contributed by atoms with van der Waals surface area (Å²) in [6, 6.07) is 6.78. The van der Waals surface area contributed by atoms with Crippen LogP contribution in [0.25, 0.3) is 0 Å². The zero-order valence-corrected chi connectivity index (χ0v) is 18.9. The molecule has 4 saturated carbocycles. The highest BCUT2D eigenvalue weighted by Crippen LogP contribution is 2.78. The summed E-state index contributed by atoms with van der Waals surface area (Å²) < 4.78 is 42.8. The standard InChI is InChI=1S/C26H29F3N4O/c27-26(28,29)21-8-20(16-4-2-1-3-5-16)32-22-19(12-31-33(21)22)23(34)30-14-24-9-15-6-17-7-18(11-24)25(17,10-15)13-24/h1-5,12,15,17-18,20-21,32H,6-11,13-14H2,(H,30,34)/t15-,17?,18-,20-,21+,24-,25?/m0/s1. The van der Waals surface area contributed by atoms with Gasteiger partial charge in [0.05, 0.1) is 12.2 Å². The van der Waals surface area contributed by atoms with Crippen molar-refractivity contribution in [2.45, 2.75) is 63.2 Å². The third kappa shape index (κ3) is 2.86. The lowest BCUT2D eigenvalue weighted by Gasteiger charge is -2.49. The molecule has 1 aliphatic heterocycles. The van der Waals surface area contributed by atoms with Crippen molar-refractivity contribution >= 4 is 11.7 Å². The van der Waals surface area contributed by atoms with Gasteiger partial charge in [-0.05, 0) is 72.7 Å². The maximum absolute atomic E-state index is 13.9. The highest BCUT2D eigenvalue weighted by Gasteiger charge is 2.70. The molecule has 5 aliphatic rings. The van der Waals surface area contributed by atoms with Crippen LogP contribution in [-0.2, 0) is 0 Å². The van der Waals surface area contributed by atoms with Gasteiger partial charge in [-0.25, -0.2) is 4.68 Å². The van der Waals surface area contributed by atoms with Crippen LogP contribution in [0.15, 0.2) is 36.5 Å². The number of hydrogen-bond donors (Lipinski definition) is 2. The molecule has 1 spiro atoms. The van der Waals surface area contributed by atoms with Crippen LogP contribution in [-0.4, -0.2) is 28.4 Å². The summed E-state index contributed by atoms with van der Waals surface area (Å²) in [5, 5.41) is 10.3. The number of amides is 1. The topological polar surface area (TPSA) is 59.0 Å². The predicted molar refractivity (Wildman–Crippen MR) is 120 cm³/mol. The minimum absolute atomic E-state index is 0.159. The van der Waals surface area contributed by atoms with Gasteiger partial charge in [0.15, 0.2) is 6.04 Å². The lowest BCUT2D eigenvalue weighted by molar-refractivity contribution is -0.173. The zero-order chi connectivity index (χ0) is 23.3. The number of aromatic nitrogens is 2. The zero-order valence-electron chi connectivity index (χ0n) is 18.9. The van der Waals surface area contributed by atoms with Gasteiger partial charge in [-0.15, -0.1) is 0 Å². The number of rotatable bonds is 4. The van der Waals surface area contributed by atoms with E-state index in [0.29, 0.717) is 12.0 Å². The molecular formula is C26H29F3N4O. The molecule has 7 atom stereocenters. The van der Waals surface area contributed by atoms with E-state index in [0.717, 1.165) is 28.0 Å². The van der Waals surface area contributed by atoms with Crippen LogP contribution >= 0.6 is 0 Å². The van der Waals surface area contributed by atoms with Crippen LogP contribution in [0.2, 0.25) is 0 Å². The molecule has 8 heteroatoms. The molecular weight excluding hydrogens is 441 g/mol. The van der Waals surface area contributed by atoms with Crippen molar-refractivity contribution in [3.63, 3.8) is 0 Å². The smallest absolute Gasteiger partial charge is 0.363 e. The molecule has 0 saturated heterocycles. The summed E-state index contributed by atoms with van der Waals surface area (Å²) in [6.45, 7) is 0.614. The second-order valence-corrected chi connectivity index (χ2v) is 11.7. The van der Waals surface area contributed by atoms with Crippen molar-refractivity contribution in [2.24, 2.45) is 28.6 Å². The van der Waals surface area contributed by atoms with E-state index in [9.17, 15) is 18.0 Å². The largest absolute Gasteiger partial charge is 0.410 e. The quantitative estimate of drug-likeness (QED) is 0.621. The van der Waals surface area contributed by atoms with E-state index in [1.54, 1.807) is 0 Å². The summed E-state index contributed by atoms with van der Waals surface area (Å²) in [7, 11) is 0. The first kappa shape index (κ1) is 20.8. The van der Waals surface area contributed by atoms with Crippen LogP contribution in [0.4, 0.5) is 19.0 Å². The second-order valence-electron chi connectivity index (χ2n) is 11.7. The lowest BCUT2D eigenvalue weighted by Crippen LogP contribution is -2.43. The molecule has 1 aromatic carbocycles. The van der Waals surface area contributed by atoms with Gasteiger partial charge in [-0.2, -0.15) is 18.3 Å². The summed E-state index contributed by atoms with van der Waals surface area (Å²) in [4.78, 5) is 13.3. The molecule has 4 fully saturated rings. The van der Waals surface area contributed by atoms with E-state index in [1.165, 1.54) is 44.7 Å². The number of halogens is 3. The number of carbonyl (C=O) groups excluding carboxylic acids is 1. The van der Waals surface area contributed by atoms with E-state index < -0.39 is 18.3 Å². The third-order valence-electron chi connectivity index (χ3n) is 9.90. The maximum atomic E-state index is 13.9. The normalized spacial score (nSPS) is 39.2. The van der Waals surface area contributed by atoms with Gasteiger partial charge in [-0.3, -0.25) is 4.79 Å². The average Bonchev–Trinajstić information content (AvgIpc) is 3.38. The first-order chi connectivity index (χ1) is 16.3. The lowest BCUT2D eigenvalue weighted by atomic mass is 9.55. The molecule has 3 bridgehead atoms. The third-order valence-corrected chi connectivity index (χ3v) is 9.90. The number of nitrogens with zero attached hydrogens (tertiary/aromatic N) is 2. The average molecular weight is 471 g/mol. The minimum atomic E-state index is -4.46.